The third-order valence-electron chi connectivity index (χ3n) is 5.55. The zero-order valence-corrected chi connectivity index (χ0v) is 18.2. The van der Waals surface area contributed by atoms with Crippen molar-refractivity contribution in [1.82, 2.24) is 5.32 Å². The van der Waals surface area contributed by atoms with Gasteiger partial charge >= 0.3 is 0 Å². The molecule has 0 aliphatic carbocycles. The lowest BCUT2D eigenvalue weighted by Crippen LogP contribution is -2.23. The van der Waals surface area contributed by atoms with Crippen LogP contribution in [0.25, 0.3) is 11.1 Å². The minimum atomic E-state index is -0.122. The van der Waals surface area contributed by atoms with Crippen LogP contribution < -0.4 is 10.6 Å². The second kappa shape index (κ2) is 8.90. The number of benzene rings is 3. The molecule has 0 aliphatic rings. The molecule has 0 fully saturated rings. The second-order valence-electron chi connectivity index (χ2n) is 7.52. The molecule has 3 aromatic rings. The van der Waals surface area contributed by atoms with Crippen LogP contribution in [-0.4, -0.2) is 12.2 Å². The summed E-state index contributed by atoms with van der Waals surface area (Å²) >= 11 is 0. The summed E-state index contributed by atoms with van der Waals surface area (Å²) in [4.78, 5) is 0. The monoisotopic (exact) mass is 391 g/mol. The molecule has 2 nitrogen and oxygen atoms in total. The summed E-state index contributed by atoms with van der Waals surface area (Å²) in [5.41, 5.74) is 5.66. The summed E-state index contributed by atoms with van der Waals surface area (Å²) in [6.45, 7) is 7.56. The number of phenols is 1. The number of hydrogen-bond acceptors (Lipinski definition) is 2. The molecule has 0 saturated heterocycles. The standard InChI is InChI=1S/C25H30NOP/c1-5-25(3,28-24-18(2)11-9-14-20(24)17-26-4)22-16-10-15-21(23(22)27)19-12-7-6-8-13-19/h6-16,26-28H,5,17H2,1-4H3. The van der Waals surface area contributed by atoms with Gasteiger partial charge in [0.2, 0.25) is 0 Å². The molecule has 3 rings (SSSR count). The first-order chi connectivity index (χ1) is 13.5. The lowest BCUT2D eigenvalue weighted by atomic mass is 9.92. The number of para-hydroxylation sites is 1. The van der Waals surface area contributed by atoms with Crippen molar-refractivity contribution in [1.29, 1.82) is 0 Å². The molecule has 3 heteroatoms. The Morgan fingerprint density at radius 3 is 2.36 bits per heavy atom. The highest BCUT2D eigenvalue weighted by molar-refractivity contribution is 7.48. The largest absolute Gasteiger partial charge is 0.507 e. The van der Waals surface area contributed by atoms with Gasteiger partial charge < -0.3 is 10.4 Å². The summed E-state index contributed by atoms with van der Waals surface area (Å²) in [5, 5.41) is 15.8. The van der Waals surface area contributed by atoms with Crippen molar-refractivity contribution in [2.24, 2.45) is 0 Å². The van der Waals surface area contributed by atoms with E-state index in [0.717, 1.165) is 29.7 Å². The Kier molecular flexibility index (Phi) is 6.54. The molecule has 0 aliphatic heterocycles. The average molecular weight is 391 g/mol. The van der Waals surface area contributed by atoms with Crippen molar-refractivity contribution < 1.29 is 5.11 Å². The minimum Gasteiger partial charge on any atom is -0.507 e. The fourth-order valence-electron chi connectivity index (χ4n) is 3.71. The third kappa shape index (κ3) is 4.14. The van der Waals surface area contributed by atoms with E-state index in [4.69, 9.17) is 0 Å². The Bertz CT molecular complexity index is 939. The van der Waals surface area contributed by atoms with Crippen LogP contribution in [0.3, 0.4) is 0 Å². The van der Waals surface area contributed by atoms with Gasteiger partial charge in [-0.1, -0.05) is 89.2 Å². The first kappa shape index (κ1) is 20.6. The summed E-state index contributed by atoms with van der Waals surface area (Å²) < 4.78 is 0. The number of hydrogen-bond donors (Lipinski definition) is 2. The van der Waals surface area contributed by atoms with Crippen LogP contribution in [0, 0.1) is 6.92 Å². The summed E-state index contributed by atoms with van der Waals surface area (Å²) in [6.07, 6.45) is 0.963. The van der Waals surface area contributed by atoms with Gasteiger partial charge in [-0.2, -0.15) is 0 Å². The molecule has 0 bridgehead atoms. The van der Waals surface area contributed by atoms with Gasteiger partial charge in [0.05, 0.1) is 0 Å². The zero-order chi connectivity index (χ0) is 20.1. The molecule has 0 radical (unpaired) electrons. The lowest BCUT2D eigenvalue weighted by Gasteiger charge is -2.32. The van der Waals surface area contributed by atoms with Gasteiger partial charge in [-0.05, 0) is 42.4 Å². The van der Waals surface area contributed by atoms with E-state index >= 15 is 0 Å². The molecule has 0 heterocycles. The van der Waals surface area contributed by atoms with Crippen molar-refractivity contribution in [3.05, 3.63) is 83.4 Å². The van der Waals surface area contributed by atoms with Gasteiger partial charge in [0.15, 0.2) is 0 Å². The van der Waals surface area contributed by atoms with E-state index in [0.29, 0.717) is 14.3 Å². The van der Waals surface area contributed by atoms with Crippen LogP contribution in [0.5, 0.6) is 5.75 Å². The summed E-state index contributed by atoms with van der Waals surface area (Å²) in [5.74, 6) is 0.411. The molecule has 0 spiro atoms. The Morgan fingerprint density at radius 1 is 0.964 bits per heavy atom. The van der Waals surface area contributed by atoms with Gasteiger partial charge in [-0.3, -0.25) is 0 Å². The van der Waals surface area contributed by atoms with Gasteiger partial charge in [0.25, 0.3) is 0 Å². The molecular formula is C25H30NOP. The van der Waals surface area contributed by atoms with Crippen molar-refractivity contribution in [3.8, 4) is 16.9 Å². The number of nitrogens with one attached hydrogen (secondary N) is 1. The fourth-order valence-corrected chi connectivity index (χ4v) is 5.38. The maximum atomic E-state index is 11.2. The van der Waals surface area contributed by atoms with Gasteiger partial charge in [0, 0.05) is 22.8 Å². The molecule has 3 aromatic carbocycles. The average Bonchev–Trinajstić information content (AvgIpc) is 2.71. The van der Waals surface area contributed by atoms with Crippen LogP contribution in [0.2, 0.25) is 0 Å². The highest BCUT2D eigenvalue weighted by Crippen LogP contribution is 2.49. The minimum absolute atomic E-state index is 0.122. The molecule has 146 valence electrons. The highest BCUT2D eigenvalue weighted by Gasteiger charge is 2.30. The van der Waals surface area contributed by atoms with E-state index in [1.54, 1.807) is 0 Å². The van der Waals surface area contributed by atoms with Crippen molar-refractivity contribution in [2.45, 2.75) is 38.9 Å². The van der Waals surface area contributed by atoms with E-state index in [-0.39, 0.29) is 5.16 Å². The van der Waals surface area contributed by atoms with Crippen LogP contribution in [0.4, 0.5) is 0 Å². The molecule has 0 aromatic heterocycles. The smallest absolute Gasteiger partial charge is 0.127 e. The predicted octanol–water partition coefficient (Wildman–Crippen LogP) is 5.72. The maximum absolute atomic E-state index is 11.2. The number of phenolic OH excluding ortho intramolecular Hbond substituents is 1. The van der Waals surface area contributed by atoms with E-state index in [2.05, 4.69) is 68.6 Å². The Balaban J connectivity index is 2.07. The number of aromatic hydroxyl groups is 1. The van der Waals surface area contributed by atoms with E-state index in [9.17, 15) is 5.11 Å². The molecule has 2 atom stereocenters. The fraction of sp³-hybridized carbons (Fsp3) is 0.280. The van der Waals surface area contributed by atoms with Crippen molar-refractivity contribution in [3.63, 3.8) is 0 Å². The quantitative estimate of drug-likeness (QED) is 0.505. The van der Waals surface area contributed by atoms with Gasteiger partial charge in [-0.15, -0.1) is 0 Å². The summed E-state index contributed by atoms with van der Waals surface area (Å²) in [6, 6.07) is 22.8. The first-order valence-electron chi connectivity index (χ1n) is 9.89. The second-order valence-corrected chi connectivity index (χ2v) is 9.37. The third-order valence-corrected chi connectivity index (χ3v) is 7.69. The molecule has 0 amide bonds. The van der Waals surface area contributed by atoms with Crippen LogP contribution >= 0.6 is 8.58 Å². The number of aryl methyl sites for hydroxylation is 1. The van der Waals surface area contributed by atoms with Gasteiger partial charge in [0.1, 0.15) is 5.75 Å². The topological polar surface area (TPSA) is 32.3 Å². The molecule has 28 heavy (non-hydrogen) atoms. The molecule has 2 unspecified atom stereocenters. The van der Waals surface area contributed by atoms with E-state index in [1.165, 1.54) is 16.4 Å². The van der Waals surface area contributed by atoms with Crippen molar-refractivity contribution in [2.75, 3.05) is 7.05 Å². The number of rotatable bonds is 7. The Labute approximate surface area is 170 Å². The van der Waals surface area contributed by atoms with E-state index < -0.39 is 0 Å². The summed E-state index contributed by atoms with van der Waals surface area (Å²) in [7, 11) is 2.57. The predicted molar refractivity (Wildman–Crippen MR) is 123 cm³/mol. The first-order valence-corrected chi connectivity index (χ1v) is 10.9. The normalized spacial score (nSPS) is 13.7. The maximum Gasteiger partial charge on any atom is 0.127 e. The van der Waals surface area contributed by atoms with Crippen LogP contribution in [0.15, 0.2) is 66.7 Å². The Hall–Kier alpha value is -2.15. The zero-order valence-electron chi connectivity index (χ0n) is 17.2. The SMILES string of the molecule is CCC(C)(Pc1c(C)cccc1CNC)c1cccc(-c2ccccc2)c1O. The Morgan fingerprint density at radius 2 is 1.68 bits per heavy atom. The molecule has 2 N–H and O–H groups in total. The highest BCUT2D eigenvalue weighted by atomic mass is 31.1. The van der Waals surface area contributed by atoms with Crippen LogP contribution in [0.1, 0.15) is 37.0 Å². The van der Waals surface area contributed by atoms with Crippen LogP contribution in [-0.2, 0) is 11.7 Å². The molecular weight excluding hydrogens is 361 g/mol. The van der Waals surface area contributed by atoms with E-state index in [1.807, 2.05) is 31.3 Å². The lowest BCUT2D eigenvalue weighted by molar-refractivity contribution is 0.459. The van der Waals surface area contributed by atoms with Gasteiger partial charge in [-0.25, -0.2) is 0 Å². The molecule has 0 saturated carbocycles. The van der Waals surface area contributed by atoms with Crippen molar-refractivity contribution >= 4 is 13.9 Å².